The molecule has 4 atom stereocenters. The largest absolute Gasteiger partial charge is 0.309 e. The summed E-state index contributed by atoms with van der Waals surface area (Å²) in [6.45, 7) is 6.89. The third-order valence-corrected chi connectivity index (χ3v) is 12.1. The van der Waals surface area contributed by atoms with Gasteiger partial charge in [0, 0.05) is 42.5 Å². The van der Waals surface area contributed by atoms with Crippen LogP contribution in [-0.4, -0.2) is 36.6 Å². The first-order valence-corrected chi connectivity index (χ1v) is 17.7. The van der Waals surface area contributed by atoms with E-state index in [-0.39, 0.29) is 0 Å². The minimum absolute atomic E-state index is 0.445. The fourth-order valence-corrected chi connectivity index (χ4v) is 9.56. The number of allylic oxidation sites excluding steroid dienone is 1. The first-order chi connectivity index (χ1) is 22.0. The molecule has 2 saturated heterocycles. The van der Waals surface area contributed by atoms with Crippen molar-refractivity contribution in [1.82, 2.24) is 10.6 Å². The molecule has 0 bridgehead atoms. The molecule has 2 aliphatic carbocycles. The van der Waals surface area contributed by atoms with E-state index in [1.165, 1.54) is 107 Å². The van der Waals surface area contributed by atoms with Crippen LogP contribution in [0.15, 0.2) is 70.8 Å². The lowest BCUT2D eigenvalue weighted by Gasteiger charge is -2.22. The molecule has 4 heteroatoms. The van der Waals surface area contributed by atoms with E-state index in [2.05, 4.69) is 85.3 Å². The first kappa shape index (κ1) is 27.9. The molecule has 2 unspecified atom stereocenters. The molecule has 9 rings (SSSR count). The predicted octanol–water partition coefficient (Wildman–Crippen LogP) is 8.49. The van der Waals surface area contributed by atoms with Crippen LogP contribution < -0.4 is 10.6 Å². The Hall–Kier alpha value is -3.34. The van der Waals surface area contributed by atoms with Gasteiger partial charge in [0.25, 0.3) is 0 Å². The highest BCUT2D eigenvalue weighted by molar-refractivity contribution is 6.02. The van der Waals surface area contributed by atoms with Gasteiger partial charge in [0.15, 0.2) is 0 Å². The van der Waals surface area contributed by atoms with Crippen LogP contribution in [0.5, 0.6) is 0 Å². The second-order valence-electron chi connectivity index (χ2n) is 15.4. The number of hydrogen-bond donors (Lipinski definition) is 2. The number of benzene rings is 3. The van der Waals surface area contributed by atoms with Crippen LogP contribution in [0, 0.1) is 17.3 Å². The van der Waals surface area contributed by atoms with Crippen LogP contribution in [0.25, 0.3) is 27.8 Å². The molecule has 0 amide bonds. The second kappa shape index (κ2) is 10.9. The summed E-state index contributed by atoms with van der Waals surface area (Å²) in [6.07, 6.45) is 14.5. The van der Waals surface area contributed by atoms with E-state index in [0.29, 0.717) is 17.5 Å². The summed E-state index contributed by atoms with van der Waals surface area (Å²) in [5.41, 5.74) is 17.2. The Morgan fingerprint density at radius 3 is 1.98 bits per heavy atom. The van der Waals surface area contributed by atoms with E-state index < -0.39 is 0 Å². The van der Waals surface area contributed by atoms with Crippen molar-refractivity contribution in [1.29, 1.82) is 0 Å². The molecule has 230 valence electrons. The van der Waals surface area contributed by atoms with Crippen molar-refractivity contribution in [3.05, 3.63) is 83.1 Å². The Morgan fingerprint density at radius 1 is 0.689 bits per heavy atom. The summed E-state index contributed by atoms with van der Waals surface area (Å²) in [7, 11) is 0. The van der Waals surface area contributed by atoms with Gasteiger partial charge in [-0.1, -0.05) is 69.2 Å². The monoisotopic (exact) mass is 594 g/mol. The maximum Gasteiger partial charge on any atom is 0.0666 e. The van der Waals surface area contributed by atoms with Crippen molar-refractivity contribution < 1.29 is 0 Å². The van der Waals surface area contributed by atoms with Gasteiger partial charge in [-0.2, -0.15) is 0 Å². The van der Waals surface area contributed by atoms with Crippen molar-refractivity contribution in [2.75, 3.05) is 13.1 Å². The van der Waals surface area contributed by atoms with E-state index in [1.807, 2.05) is 0 Å². The van der Waals surface area contributed by atoms with E-state index in [0.717, 1.165) is 37.8 Å². The van der Waals surface area contributed by atoms with Gasteiger partial charge in [-0.3, -0.25) is 9.98 Å². The van der Waals surface area contributed by atoms with E-state index in [1.54, 1.807) is 11.1 Å². The Kier molecular flexibility index (Phi) is 6.75. The zero-order chi connectivity index (χ0) is 30.1. The molecule has 4 nitrogen and oxygen atoms in total. The lowest BCUT2D eigenvalue weighted by molar-refractivity contribution is 0.318. The van der Waals surface area contributed by atoms with Gasteiger partial charge in [0.2, 0.25) is 0 Å². The maximum atomic E-state index is 5.09. The quantitative estimate of drug-likeness (QED) is 0.311. The Balaban J connectivity index is 0.996. The van der Waals surface area contributed by atoms with Crippen LogP contribution in [-0.2, 0) is 19.3 Å². The molecule has 4 heterocycles. The molecule has 3 aromatic rings. The van der Waals surface area contributed by atoms with Crippen molar-refractivity contribution in [2.45, 2.75) is 90.1 Å². The topological polar surface area (TPSA) is 48.8 Å². The summed E-state index contributed by atoms with van der Waals surface area (Å²) in [5.74, 6) is 1.48. The Morgan fingerprint density at radius 2 is 1.31 bits per heavy atom. The maximum absolute atomic E-state index is 5.09. The molecule has 6 aliphatic rings. The number of aliphatic imine (C=N–C) groups is 2. The molecule has 0 radical (unpaired) electrons. The number of fused-ring (bicyclic) bond motifs is 2. The van der Waals surface area contributed by atoms with Gasteiger partial charge in [0.05, 0.1) is 5.69 Å². The van der Waals surface area contributed by atoms with Crippen LogP contribution in [0.2, 0.25) is 0 Å². The van der Waals surface area contributed by atoms with Crippen molar-refractivity contribution >= 4 is 22.7 Å². The third kappa shape index (κ3) is 4.96. The van der Waals surface area contributed by atoms with E-state index in [9.17, 15) is 0 Å². The third-order valence-electron chi connectivity index (χ3n) is 12.1. The molecular formula is C41H46N4. The SMILES string of the molecule is C[C@@H]1CNC(C2=NC=C(c3ccc(-c4ccc(-c5ccc6c(c5)CC(C5C[C@H](C)CN5)=N6)c5c4CC4(CCCC4)C5)cc3)C2)C1. The number of hydrogen-bond acceptors (Lipinski definition) is 4. The predicted molar refractivity (Wildman–Crippen MR) is 188 cm³/mol. The zero-order valence-electron chi connectivity index (χ0n) is 27.0. The number of nitrogens with zero attached hydrogens (tertiary/aromatic N) is 2. The average Bonchev–Trinajstić information content (AvgIpc) is 3.89. The van der Waals surface area contributed by atoms with Crippen molar-refractivity contribution in [2.24, 2.45) is 27.2 Å². The van der Waals surface area contributed by atoms with Gasteiger partial charge >= 0.3 is 0 Å². The summed E-state index contributed by atoms with van der Waals surface area (Å²) >= 11 is 0. The average molecular weight is 595 g/mol. The van der Waals surface area contributed by atoms with Crippen LogP contribution >= 0.6 is 0 Å². The number of nitrogens with one attached hydrogen (secondary N) is 2. The van der Waals surface area contributed by atoms with E-state index >= 15 is 0 Å². The zero-order valence-corrected chi connectivity index (χ0v) is 27.0. The number of rotatable bonds is 5. The van der Waals surface area contributed by atoms with Crippen molar-refractivity contribution in [3.63, 3.8) is 0 Å². The highest BCUT2D eigenvalue weighted by Gasteiger charge is 2.41. The highest BCUT2D eigenvalue weighted by Crippen LogP contribution is 2.53. The summed E-state index contributed by atoms with van der Waals surface area (Å²) in [6, 6.07) is 22.2. The van der Waals surface area contributed by atoms with Gasteiger partial charge < -0.3 is 10.6 Å². The Bertz CT molecular complexity index is 1750. The summed E-state index contributed by atoms with van der Waals surface area (Å²) < 4.78 is 0. The van der Waals surface area contributed by atoms with Crippen LogP contribution in [0.4, 0.5) is 5.69 Å². The van der Waals surface area contributed by atoms with Gasteiger partial charge in [-0.25, -0.2) is 0 Å². The van der Waals surface area contributed by atoms with Gasteiger partial charge in [0.1, 0.15) is 0 Å². The van der Waals surface area contributed by atoms with Crippen LogP contribution in [0.1, 0.15) is 81.0 Å². The fraction of sp³-hybridized carbons (Fsp3) is 0.463. The van der Waals surface area contributed by atoms with Gasteiger partial charge in [-0.05, 0) is 131 Å². The minimum Gasteiger partial charge on any atom is -0.309 e. The molecular weight excluding hydrogens is 548 g/mol. The standard InChI is InChI=1S/C41H46N4/c1-25-15-37(42-22-25)39-19-31(24-44-39)27-5-7-28(8-6-27)32-10-11-33(35-21-41(20-34(32)35)13-3-4-14-41)29-9-12-36-30(17-29)18-40(45-36)38-16-26(2)23-43-38/h5-12,17,24-26,37-38,42-43H,3-4,13-16,18-23H2,1-2H3/t25-,26-,37?,38?/m0/s1. The molecule has 4 aliphatic heterocycles. The smallest absolute Gasteiger partial charge is 0.0666 e. The molecule has 0 aromatic heterocycles. The van der Waals surface area contributed by atoms with E-state index in [4.69, 9.17) is 9.98 Å². The molecule has 45 heavy (non-hydrogen) atoms. The highest BCUT2D eigenvalue weighted by atomic mass is 15.0. The first-order valence-electron chi connectivity index (χ1n) is 17.7. The van der Waals surface area contributed by atoms with Gasteiger partial charge in [-0.15, -0.1) is 0 Å². The molecule has 1 saturated carbocycles. The fourth-order valence-electron chi connectivity index (χ4n) is 9.56. The second-order valence-corrected chi connectivity index (χ2v) is 15.4. The Labute approximate surface area is 268 Å². The molecule has 2 N–H and O–H groups in total. The normalized spacial score (nSPS) is 28.0. The summed E-state index contributed by atoms with van der Waals surface area (Å²) in [4.78, 5) is 9.94. The van der Waals surface area contributed by atoms with Crippen molar-refractivity contribution in [3.8, 4) is 22.3 Å². The lowest BCUT2D eigenvalue weighted by atomic mass is 9.82. The lowest BCUT2D eigenvalue weighted by Crippen LogP contribution is -2.30. The molecule has 3 aromatic carbocycles. The minimum atomic E-state index is 0.445. The van der Waals surface area contributed by atoms with Crippen LogP contribution in [0.3, 0.4) is 0 Å². The molecule has 1 spiro atoms. The molecule has 3 fully saturated rings. The summed E-state index contributed by atoms with van der Waals surface area (Å²) in [5, 5.41) is 7.37.